The molecule has 2 rings (SSSR count). The molecule has 98 valence electrons. The van der Waals surface area contributed by atoms with Crippen LogP contribution in [-0.4, -0.2) is 37.1 Å². The average Bonchev–Trinajstić information content (AvgIpc) is 2.39. The molecule has 0 amide bonds. The summed E-state index contributed by atoms with van der Waals surface area (Å²) in [6.07, 6.45) is 3.03. The number of carbonyl (C=O) groups is 1. The van der Waals surface area contributed by atoms with Crippen molar-refractivity contribution in [3.8, 4) is 0 Å². The molecule has 1 aliphatic rings. The number of aromatic nitrogens is 1. The number of carbonyl (C=O) groups excluding carboxylic acids is 1. The summed E-state index contributed by atoms with van der Waals surface area (Å²) in [5.74, 6) is 1.52. The summed E-state index contributed by atoms with van der Waals surface area (Å²) in [6, 6.07) is 3.62. The standard InChI is InChI=1S/C14H20N2O2/c1-10-5-7-16(9-13(10)18-3)14-8-12(11(2)17)4-6-15-14/h4,6,8,10,13H,5,7,9H2,1-3H3. The monoisotopic (exact) mass is 248 g/mol. The first-order valence-corrected chi connectivity index (χ1v) is 6.36. The van der Waals surface area contributed by atoms with Gasteiger partial charge in [0.2, 0.25) is 0 Å². The van der Waals surface area contributed by atoms with Crippen molar-refractivity contribution in [2.24, 2.45) is 5.92 Å². The van der Waals surface area contributed by atoms with E-state index in [1.54, 1.807) is 26.3 Å². The van der Waals surface area contributed by atoms with E-state index in [1.165, 1.54) is 0 Å². The predicted octanol–water partition coefficient (Wildman–Crippen LogP) is 2.15. The molecular weight excluding hydrogens is 228 g/mol. The van der Waals surface area contributed by atoms with Crippen LogP contribution in [-0.2, 0) is 4.74 Å². The number of nitrogens with zero attached hydrogens (tertiary/aromatic N) is 2. The van der Waals surface area contributed by atoms with Crippen molar-refractivity contribution in [2.75, 3.05) is 25.1 Å². The van der Waals surface area contributed by atoms with Crippen LogP contribution in [0, 0.1) is 5.92 Å². The first kappa shape index (κ1) is 13.0. The number of pyridine rings is 1. The van der Waals surface area contributed by atoms with E-state index in [0.29, 0.717) is 11.5 Å². The smallest absolute Gasteiger partial charge is 0.159 e. The molecule has 4 nitrogen and oxygen atoms in total. The lowest BCUT2D eigenvalue weighted by atomic mass is 9.96. The molecule has 2 atom stereocenters. The lowest BCUT2D eigenvalue weighted by Gasteiger charge is -2.36. The lowest BCUT2D eigenvalue weighted by molar-refractivity contribution is 0.0496. The van der Waals surface area contributed by atoms with Crippen molar-refractivity contribution in [1.29, 1.82) is 0 Å². The zero-order valence-electron chi connectivity index (χ0n) is 11.2. The van der Waals surface area contributed by atoms with Gasteiger partial charge in [-0.25, -0.2) is 4.98 Å². The van der Waals surface area contributed by atoms with E-state index in [0.717, 1.165) is 25.3 Å². The topological polar surface area (TPSA) is 42.4 Å². The Bertz CT molecular complexity index is 434. The Labute approximate surface area is 108 Å². The van der Waals surface area contributed by atoms with Crippen LogP contribution in [0.5, 0.6) is 0 Å². The van der Waals surface area contributed by atoms with Gasteiger partial charge in [0.25, 0.3) is 0 Å². The van der Waals surface area contributed by atoms with Crippen LogP contribution in [0.4, 0.5) is 5.82 Å². The van der Waals surface area contributed by atoms with Crippen LogP contribution < -0.4 is 4.90 Å². The minimum atomic E-state index is 0.0762. The highest BCUT2D eigenvalue weighted by molar-refractivity contribution is 5.94. The number of ketones is 1. The largest absolute Gasteiger partial charge is 0.379 e. The van der Waals surface area contributed by atoms with Crippen LogP contribution in [0.25, 0.3) is 0 Å². The zero-order valence-corrected chi connectivity index (χ0v) is 11.2. The van der Waals surface area contributed by atoms with E-state index in [4.69, 9.17) is 4.74 Å². The number of rotatable bonds is 3. The van der Waals surface area contributed by atoms with Gasteiger partial charge >= 0.3 is 0 Å². The number of piperidine rings is 1. The van der Waals surface area contributed by atoms with E-state index in [-0.39, 0.29) is 11.9 Å². The molecule has 1 aliphatic heterocycles. The van der Waals surface area contributed by atoms with Crippen LogP contribution in [0.1, 0.15) is 30.6 Å². The van der Waals surface area contributed by atoms with E-state index < -0.39 is 0 Å². The minimum Gasteiger partial charge on any atom is -0.379 e. The van der Waals surface area contributed by atoms with Crippen molar-refractivity contribution >= 4 is 11.6 Å². The highest BCUT2D eigenvalue weighted by Crippen LogP contribution is 2.23. The number of anilines is 1. The van der Waals surface area contributed by atoms with E-state index in [2.05, 4.69) is 16.8 Å². The third-order valence-corrected chi connectivity index (χ3v) is 3.67. The Balaban J connectivity index is 2.16. The summed E-state index contributed by atoms with van der Waals surface area (Å²) in [7, 11) is 1.75. The molecule has 2 unspecified atom stereocenters. The molecule has 0 radical (unpaired) electrons. The van der Waals surface area contributed by atoms with Gasteiger partial charge in [0.1, 0.15) is 5.82 Å². The second-order valence-electron chi connectivity index (χ2n) is 4.95. The molecule has 2 heterocycles. The van der Waals surface area contributed by atoms with E-state index in [9.17, 15) is 4.79 Å². The lowest BCUT2D eigenvalue weighted by Crippen LogP contribution is -2.44. The predicted molar refractivity (Wildman–Crippen MR) is 71.0 cm³/mol. The molecule has 1 saturated heterocycles. The molecule has 0 saturated carbocycles. The molecule has 1 fully saturated rings. The zero-order chi connectivity index (χ0) is 13.1. The Hall–Kier alpha value is -1.42. The summed E-state index contributed by atoms with van der Waals surface area (Å²) in [4.78, 5) is 17.9. The van der Waals surface area contributed by atoms with Gasteiger partial charge in [-0.05, 0) is 31.4 Å². The number of hydrogen-bond acceptors (Lipinski definition) is 4. The molecule has 18 heavy (non-hydrogen) atoms. The second kappa shape index (κ2) is 5.48. The fraction of sp³-hybridized carbons (Fsp3) is 0.571. The van der Waals surface area contributed by atoms with Crippen molar-refractivity contribution in [3.63, 3.8) is 0 Å². The van der Waals surface area contributed by atoms with Crippen molar-refractivity contribution in [3.05, 3.63) is 23.9 Å². The van der Waals surface area contributed by atoms with Gasteiger partial charge in [-0.15, -0.1) is 0 Å². The van der Waals surface area contributed by atoms with Crippen molar-refractivity contribution in [1.82, 2.24) is 4.98 Å². The Morgan fingerprint density at radius 3 is 3.00 bits per heavy atom. The SMILES string of the molecule is COC1CN(c2cc(C(C)=O)ccn2)CCC1C. The number of hydrogen-bond donors (Lipinski definition) is 0. The number of Topliss-reactive ketones (excluding diaryl/α,β-unsaturated/α-hetero) is 1. The number of ether oxygens (including phenoxy) is 1. The molecule has 0 N–H and O–H groups in total. The Morgan fingerprint density at radius 2 is 2.33 bits per heavy atom. The highest BCUT2D eigenvalue weighted by atomic mass is 16.5. The van der Waals surface area contributed by atoms with Crippen molar-refractivity contribution < 1.29 is 9.53 Å². The molecule has 4 heteroatoms. The fourth-order valence-electron chi connectivity index (χ4n) is 2.36. The van der Waals surface area contributed by atoms with Gasteiger partial charge < -0.3 is 9.64 Å². The van der Waals surface area contributed by atoms with Gasteiger partial charge in [-0.3, -0.25) is 4.79 Å². The second-order valence-corrected chi connectivity index (χ2v) is 4.95. The quantitative estimate of drug-likeness (QED) is 0.769. The minimum absolute atomic E-state index is 0.0762. The van der Waals surface area contributed by atoms with Gasteiger partial charge in [0, 0.05) is 32.0 Å². The molecule has 0 aliphatic carbocycles. The molecule has 1 aromatic heterocycles. The molecular formula is C14H20N2O2. The Morgan fingerprint density at radius 1 is 1.56 bits per heavy atom. The Kier molecular flexibility index (Phi) is 3.97. The third kappa shape index (κ3) is 2.70. The summed E-state index contributed by atoms with van der Waals surface area (Å²) in [6.45, 7) is 5.60. The van der Waals surface area contributed by atoms with Crippen LogP contribution >= 0.6 is 0 Å². The van der Waals surface area contributed by atoms with Gasteiger partial charge in [-0.1, -0.05) is 6.92 Å². The van der Waals surface area contributed by atoms with E-state index >= 15 is 0 Å². The summed E-state index contributed by atoms with van der Waals surface area (Å²) in [5, 5.41) is 0. The van der Waals surface area contributed by atoms with Gasteiger partial charge in [0.05, 0.1) is 6.10 Å². The molecule has 0 aromatic carbocycles. The third-order valence-electron chi connectivity index (χ3n) is 3.67. The van der Waals surface area contributed by atoms with Crippen molar-refractivity contribution in [2.45, 2.75) is 26.4 Å². The molecule has 0 bridgehead atoms. The molecule has 0 spiro atoms. The first-order chi connectivity index (χ1) is 8.61. The maximum Gasteiger partial charge on any atom is 0.159 e. The first-order valence-electron chi connectivity index (χ1n) is 6.36. The van der Waals surface area contributed by atoms with Gasteiger partial charge in [0.15, 0.2) is 5.78 Å². The normalized spacial score (nSPS) is 24.1. The highest BCUT2D eigenvalue weighted by Gasteiger charge is 2.26. The van der Waals surface area contributed by atoms with Crippen LogP contribution in [0.2, 0.25) is 0 Å². The average molecular weight is 248 g/mol. The van der Waals surface area contributed by atoms with E-state index in [1.807, 2.05) is 6.07 Å². The van der Waals surface area contributed by atoms with Crippen LogP contribution in [0.3, 0.4) is 0 Å². The van der Waals surface area contributed by atoms with Crippen LogP contribution in [0.15, 0.2) is 18.3 Å². The summed E-state index contributed by atoms with van der Waals surface area (Å²) >= 11 is 0. The fourth-order valence-corrected chi connectivity index (χ4v) is 2.36. The maximum atomic E-state index is 11.4. The summed E-state index contributed by atoms with van der Waals surface area (Å²) in [5.41, 5.74) is 0.715. The molecule has 1 aromatic rings. The van der Waals surface area contributed by atoms with Gasteiger partial charge in [-0.2, -0.15) is 0 Å². The summed E-state index contributed by atoms with van der Waals surface area (Å²) < 4.78 is 5.50. The maximum absolute atomic E-state index is 11.4. The number of methoxy groups -OCH3 is 1.